The predicted molar refractivity (Wildman–Crippen MR) is 120 cm³/mol. The Morgan fingerprint density at radius 3 is 1.04 bits per heavy atom. The van der Waals surface area contributed by atoms with Crippen molar-refractivity contribution in [1.82, 2.24) is 0 Å². The van der Waals surface area contributed by atoms with E-state index in [0.29, 0.717) is 0 Å². The Balaban J connectivity index is 2.40. The molecule has 0 spiro atoms. The van der Waals surface area contributed by atoms with Crippen molar-refractivity contribution in [3.63, 3.8) is 0 Å². The number of hydrogen-bond donors (Lipinski definition) is 0. The van der Waals surface area contributed by atoms with Gasteiger partial charge in [-0.1, -0.05) is 91.6 Å². The van der Waals surface area contributed by atoms with Crippen molar-refractivity contribution in [2.24, 2.45) is 0 Å². The molecule has 0 saturated heterocycles. The van der Waals surface area contributed by atoms with E-state index in [1.54, 1.807) is 0 Å². The van der Waals surface area contributed by atoms with Crippen LogP contribution in [0.2, 0.25) is 0 Å². The smallest absolute Gasteiger partial charge is 0.0120 e. The molecular weight excluding hydrogens is 324 g/mol. The third-order valence-electron chi connectivity index (χ3n) is 5.10. The fourth-order valence-corrected chi connectivity index (χ4v) is 4.31. The van der Waals surface area contributed by atoms with Gasteiger partial charge in [0.15, 0.2) is 0 Å². The topological polar surface area (TPSA) is 0 Å². The van der Waals surface area contributed by atoms with Gasteiger partial charge in [-0.15, -0.1) is 0 Å². The van der Waals surface area contributed by atoms with Crippen LogP contribution in [0.3, 0.4) is 0 Å². The largest absolute Gasteiger partial charge is 0.0563 e. The van der Waals surface area contributed by atoms with Gasteiger partial charge in [-0.25, -0.2) is 0 Å². The van der Waals surface area contributed by atoms with E-state index in [4.69, 9.17) is 0 Å². The molecule has 0 aliphatic rings. The van der Waals surface area contributed by atoms with Crippen LogP contribution in [0.4, 0.5) is 0 Å². The molecule has 0 amide bonds. The fraction of sp³-hybridized carbons (Fsp3) is 0.333. The summed E-state index contributed by atoms with van der Waals surface area (Å²) in [6, 6.07) is 18.5. The summed E-state index contributed by atoms with van der Waals surface area (Å²) >= 11 is 0. The molecule has 0 saturated carbocycles. The molecule has 0 nitrogen and oxygen atoms in total. The molecule has 0 aliphatic carbocycles. The molecule has 0 aromatic heterocycles. The van der Waals surface area contributed by atoms with Crippen LogP contribution < -0.4 is 0 Å². The third-order valence-corrected chi connectivity index (χ3v) is 5.10. The second-order valence-corrected chi connectivity index (χ2v) is 9.24. The lowest BCUT2D eigenvalue weighted by Crippen LogP contribution is -2.15. The second kappa shape index (κ2) is 7.00. The maximum Gasteiger partial charge on any atom is -0.0120 e. The van der Waals surface area contributed by atoms with Crippen LogP contribution in [0.15, 0.2) is 48.5 Å². The average molecular weight is 357 g/mol. The lowest BCUT2D eigenvalue weighted by molar-refractivity contribution is 0.593. The lowest BCUT2D eigenvalue weighted by atomic mass is 9.76. The van der Waals surface area contributed by atoms with Gasteiger partial charge in [0.05, 0.1) is 0 Å². The summed E-state index contributed by atoms with van der Waals surface area (Å²) in [6.45, 7) is 18.0. The standard InChI is InChI=1S/C27H32/c1-17-9-18(2)12-22(11-17)24-15-21(5)16-25(26(24)27(6,7)8)23-13-19(3)10-20(4)14-23/h9-16H,1-8H3. The zero-order valence-corrected chi connectivity index (χ0v) is 18.1. The Morgan fingerprint density at radius 1 is 0.444 bits per heavy atom. The van der Waals surface area contributed by atoms with Gasteiger partial charge in [0, 0.05) is 0 Å². The highest BCUT2D eigenvalue weighted by Gasteiger charge is 2.24. The summed E-state index contributed by atoms with van der Waals surface area (Å²) in [4.78, 5) is 0. The molecule has 3 aromatic rings. The third kappa shape index (κ3) is 4.16. The predicted octanol–water partition coefficient (Wildman–Crippen LogP) is 7.86. The molecule has 27 heavy (non-hydrogen) atoms. The van der Waals surface area contributed by atoms with Crippen LogP contribution in [0.25, 0.3) is 22.3 Å². The minimum atomic E-state index is 0.0493. The van der Waals surface area contributed by atoms with Gasteiger partial charge < -0.3 is 0 Å². The summed E-state index contributed by atoms with van der Waals surface area (Å²) in [5.74, 6) is 0. The molecule has 0 unspecified atom stereocenters. The van der Waals surface area contributed by atoms with E-state index in [9.17, 15) is 0 Å². The monoisotopic (exact) mass is 356 g/mol. The molecule has 3 aromatic carbocycles. The van der Waals surface area contributed by atoms with E-state index < -0.39 is 0 Å². The normalized spacial score (nSPS) is 11.7. The van der Waals surface area contributed by atoms with Crippen molar-refractivity contribution < 1.29 is 0 Å². The van der Waals surface area contributed by atoms with E-state index >= 15 is 0 Å². The van der Waals surface area contributed by atoms with Crippen molar-refractivity contribution in [3.8, 4) is 22.3 Å². The maximum atomic E-state index is 2.36. The Labute approximate surface area is 165 Å². The van der Waals surface area contributed by atoms with E-state index in [1.165, 1.54) is 55.6 Å². The summed E-state index contributed by atoms with van der Waals surface area (Å²) < 4.78 is 0. The summed E-state index contributed by atoms with van der Waals surface area (Å²) in [5.41, 5.74) is 13.4. The quantitative estimate of drug-likeness (QED) is 0.438. The van der Waals surface area contributed by atoms with E-state index in [2.05, 4.69) is 104 Å². The molecular formula is C27H32. The first-order valence-electron chi connectivity index (χ1n) is 9.87. The summed E-state index contributed by atoms with van der Waals surface area (Å²) in [7, 11) is 0. The number of rotatable bonds is 2. The summed E-state index contributed by atoms with van der Waals surface area (Å²) in [6.07, 6.45) is 0. The van der Waals surface area contributed by atoms with E-state index in [1.807, 2.05) is 0 Å². The van der Waals surface area contributed by atoms with Gasteiger partial charge in [0.25, 0.3) is 0 Å². The molecule has 140 valence electrons. The zero-order valence-electron chi connectivity index (χ0n) is 18.1. The highest BCUT2D eigenvalue weighted by atomic mass is 14.3. The van der Waals surface area contributed by atoms with E-state index in [0.717, 1.165) is 0 Å². The molecule has 0 heterocycles. The highest BCUT2D eigenvalue weighted by molar-refractivity contribution is 5.82. The molecule has 3 rings (SSSR count). The van der Waals surface area contributed by atoms with Gasteiger partial charge in [-0.2, -0.15) is 0 Å². The van der Waals surface area contributed by atoms with Gasteiger partial charge in [0.2, 0.25) is 0 Å². The van der Waals surface area contributed by atoms with Crippen LogP contribution in [-0.2, 0) is 5.41 Å². The average Bonchev–Trinajstić information content (AvgIpc) is 2.51. The van der Waals surface area contributed by atoms with Crippen LogP contribution >= 0.6 is 0 Å². The Hall–Kier alpha value is -2.34. The lowest BCUT2D eigenvalue weighted by Gasteiger charge is -2.28. The molecule has 0 radical (unpaired) electrons. The number of benzene rings is 3. The van der Waals surface area contributed by atoms with Crippen LogP contribution in [0.5, 0.6) is 0 Å². The maximum absolute atomic E-state index is 2.36. The van der Waals surface area contributed by atoms with Gasteiger partial charge >= 0.3 is 0 Å². The van der Waals surface area contributed by atoms with Gasteiger partial charge in [-0.05, 0) is 73.4 Å². The van der Waals surface area contributed by atoms with Crippen LogP contribution in [0, 0.1) is 34.6 Å². The summed E-state index contributed by atoms with van der Waals surface area (Å²) in [5, 5.41) is 0. The molecule has 0 atom stereocenters. The van der Waals surface area contributed by atoms with Crippen molar-refractivity contribution in [3.05, 3.63) is 81.9 Å². The van der Waals surface area contributed by atoms with Crippen LogP contribution in [0.1, 0.15) is 54.2 Å². The Bertz CT molecular complexity index is 884. The minimum Gasteiger partial charge on any atom is -0.0563 e. The SMILES string of the molecule is Cc1cc(C)cc(-c2cc(C)cc(-c3cc(C)cc(C)c3)c2C(C)(C)C)c1. The Kier molecular flexibility index (Phi) is 5.04. The first-order valence-corrected chi connectivity index (χ1v) is 9.87. The second-order valence-electron chi connectivity index (χ2n) is 9.24. The van der Waals surface area contributed by atoms with Gasteiger partial charge in [-0.3, -0.25) is 0 Å². The van der Waals surface area contributed by atoms with Crippen molar-refractivity contribution >= 4 is 0 Å². The molecule has 0 N–H and O–H groups in total. The molecule has 0 heteroatoms. The van der Waals surface area contributed by atoms with Crippen LogP contribution in [-0.4, -0.2) is 0 Å². The minimum absolute atomic E-state index is 0.0493. The van der Waals surface area contributed by atoms with Gasteiger partial charge in [0.1, 0.15) is 0 Å². The fourth-order valence-electron chi connectivity index (χ4n) is 4.31. The zero-order chi connectivity index (χ0) is 19.9. The molecule has 0 bridgehead atoms. The van der Waals surface area contributed by atoms with Crippen molar-refractivity contribution in [2.75, 3.05) is 0 Å². The first kappa shape index (κ1) is 19.4. The van der Waals surface area contributed by atoms with Crippen molar-refractivity contribution in [1.29, 1.82) is 0 Å². The highest BCUT2D eigenvalue weighted by Crippen LogP contribution is 2.42. The van der Waals surface area contributed by atoms with E-state index in [-0.39, 0.29) is 5.41 Å². The Morgan fingerprint density at radius 2 is 0.741 bits per heavy atom. The molecule has 0 aliphatic heterocycles. The first-order chi connectivity index (χ1) is 12.5. The van der Waals surface area contributed by atoms with Crippen molar-refractivity contribution in [2.45, 2.75) is 60.8 Å². The molecule has 0 fully saturated rings. The number of hydrogen-bond acceptors (Lipinski definition) is 0. The number of aryl methyl sites for hydroxylation is 5.